The van der Waals surface area contributed by atoms with Crippen molar-refractivity contribution >= 4 is 61.1 Å². The fourth-order valence-electron chi connectivity index (χ4n) is 9.94. The molecular weight excluding hydrogens is 797 g/mol. The van der Waals surface area contributed by atoms with Crippen molar-refractivity contribution in [1.82, 2.24) is 9.13 Å². The summed E-state index contributed by atoms with van der Waals surface area (Å²) in [6.07, 6.45) is 0. The van der Waals surface area contributed by atoms with E-state index in [2.05, 4.69) is 130 Å². The second kappa shape index (κ2) is 14.5. The normalized spacial score (nSPS) is 13.1. The molecule has 0 fully saturated rings. The minimum absolute atomic E-state index is 0.155. The summed E-state index contributed by atoms with van der Waals surface area (Å²) in [4.78, 5) is 31.8. The van der Waals surface area contributed by atoms with Crippen LogP contribution in [-0.4, -0.2) is 20.9 Å². The molecule has 11 rings (SSSR count). The van der Waals surface area contributed by atoms with Crippen LogP contribution in [0.25, 0.3) is 77.2 Å². The second-order valence-corrected chi connectivity index (χ2v) is 19.2. The standard InChI is InChI=1S/C59H46N4O2/c1-58(2,3)38-27-29-43-41-20-11-14-25-48(41)61(50(43)33-38)52-31-36(35-60)32-53(62-49-26-15-12-21-42(49)44-30-28-39(34-51(44)62)59(4,5)6)55(52)45-22-16-23-46-54(45)57(65)63(56(46)64)47-24-13-10-19-40(47)37-17-8-7-9-18-37/h7-34H,1-6H3. The van der Waals surface area contributed by atoms with E-state index in [0.717, 1.165) is 71.7 Å². The van der Waals surface area contributed by atoms with Gasteiger partial charge in [-0.2, -0.15) is 5.26 Å². The van der Waals surface area contributed by atoms with E-state index in [1.165, 1.54) is 16.0 Å². The van der Waals surface area contributed by atoms with Crippen LogP contribution in [0.2, 0.25) is 0 Å². The zero-order chi connectivity index (χ0) is 44.9. The lowest BCUT2D eigenvalue weighted by atomic mass is 9.86. The molecule has 0 aliphatic carbocycles. The molecule has 10 aromatic rings. The van der Waals surface area contributed by atoms with E-state index in [1.54, 1.807) is 6.07 Å². The van der Waals surface area contributed by atoms with Gasteiger partial charge in [-0.15, -0.1) is 0 Å². The fraction of sp³-hybridized carbons (Fsp3) is 0.136. The quantitative estimate of drug-likeness (QED) is 0.162. The molecule has 6 nitrogen and oxygen atoms in total. The number of hydrogen-bond donors (Lipinski definition) is 0. The van der Waals surface area contributed by atoms with Gasteiger partial charge in [0.2, 0.25) is 0 Å². The molecule has 0 atom stereocenters. The van der Waals surface area contributed by atoms with Crippen molar-refractivity contribution in [3.63, 3.8) is 0 Å². The van der Waals surface area contributed by atoms with Crippen molar-refractivity contribution in [3.05, 3.63) is 198 Å². The van der Waals surface area contributed by atoms with Gasteiger partial charge in [0, 0.05) is 32.7 Å². The molecule has 6 heteroatoms. The van der Waals surface area contributed by atoms with Crippen molar-refractivity contribution in [1.29, 1.82) is 5.26 Å². The van der Waals surface area contributed by atoms with Crippen LogP contribution in [0.5, 0.6) is 0 Å². The van der Waals surface area contributed by atoms with E-state index in [9.17, 15) is 10.1 Å². The summed E-state index contributed by atoms with van der Waals surface area (Å²) in [6, 6.07) is 59.6. The van der Waals surface area contributed by atoms with Gasteiger partial charge in [0.05, 0.1) is 61.9 Å². The number of amides is 2. The van der Waals surface area contributed by atoms with Crippen LogP contribution >= 0.6 is 0 Å². The van der Waals surface area contributed by atoms with Crippen LogP contribution in [0.3, 0.4) is 0 Å². The van der Waals surface area contributed by atoms with E-state index < -0.39 is 5.91 Å². The lowest BCUT2D eigenvalue weighted by molar-refractivity contribution is 0.0926. The summed E-state index contributed by atoms with van der Waals surface area (Å²) >= 11 is 0. The zero-order valence-corrected chi connectivity index (χ0v) is 37.3. The topological polar surface area (TPSA) is 71.0 Å². The van der Waals surface area contributed by atoms with E-state index in [4.69, 9.17) is 0 Å². The monoisotopic (exact) mass is 842 g/mol. The van der Waals surface area contributed by atoms with Crippen molar-refractivity contribution in [2.24, 2.45) is 0 Å². The molecule has 0 bridgehead atoms. The molecule has 314 valence electrons. The summed E-state index contributed by atoms with van der Waals surface area (Å²) in [6.45, 7) is 13.3. The molecular formula is C59H46N4O2. The number of carbonyl (C=O) groups excluding carboxylic acids is 2. The molecule has 0 N–H and O–H groups in total. The molecule has 3 heterocycles. The highest BCUT2D eigenvalue weighted by Gasteiger charge is 2.41. The predicted octanol–water partition coefficient (Wildman–Crippen LogP) is 14.5. The number of nitrogens with zero attached hydrogens (tertiary/aromatic N) is 4. The third-order valence-electron chi connectivity index (χ3n) is 13.2. The summed E-state index contributed by atoms with van der Waals surface area (Å²) in [5.74, 6) is -0.787. The highest BCUT2D eigenvalue weighted by molar-refractivity contribution is 6.37. The summed E-state index contributed by atoms with van der Waals surface area (Å²) in [5, 5.41) is 15.3. The van der Waals surface area contributed by atoms with Crippen molar-refractivity contribution in [2.45, 2.75) is 52.4 Å². The molecule has 0 saturated heterocycles. The molecule has 8 aromatic carbocycles. The summed E-state index contributed by atoms with van der Waals surface area (Å²) < 4.78 is 4.52. The predicted molar refractivity (Wildman–Crippen MR) is 266 cm³/mol. The lowest BCUT2D eigenvalue weighted by Crippen LogP contribution is -2.30. The number of anilines is 1. The zero-order valence-electron chi connectivity index (χ0n) is 37.3. The molecule has 2 amide bonds. The maximum atomic E-state index is 15.5. The Kier molecular flexibility index (Phi) is 8.89. The Morgan fingerprint density at radius 1 is 0.415 bits per heavy atom. The first kappa shape index (κ1) is 39.8. The number of nitriles is 1. The molecule has 1 aliphatic rings. The fourth-order valence-corrected chi connectivity index (χ4v) is 9.94. The van der Waals surface area contributed by atoms with Gasteiger partial charge in [-0.1, -0.05) is 163 Å². The molecule has 1 aliphatic heterocycles. The first-order valence-corrected chi connectivity index (χ1v) is 22.2. The minimum atomic E-state index is -0.403. The number of benzene rings is 8. The Morgan fingerprint density at radius 3 is 1.45 bits per heavy atom. The number of fused-ring (bicyclic) bond motifs is 7. The maximum Gasteiger partial charge on any atom is 0.266 e. The number of para-hydroxylation sites is 3. The summed E-state index contributed by atoms with van der Waals surface area (Å²) in [7, 11) is 0. The second-order valence-electron chi connectivity index (χ2n) is 19.2. The minimum Gasteiger partial charge on any atom is -0.308 e. The van der Waals surface area contributed by atoms with Gasteiger partial charge in [0.25, 0.3) is 11.8 Å². The van der Waals surface area contributed by atoms with E-state index in [1.807, 2.05) is 91.0 Å². The number of hydrogen-bond acceptors (Lipinski definition) is 3. The van der Waals surface area contributed by atoms with Crippen LogP contribution in [-0.2, 0) is 10.8 Å². The van der Waals surface area contributed by atoms with Crippen LogP contribution < -0.4 is 4.90 Å². The van der Waals surface area contributed by atoms with Crippen LogP contribution in [0.15, 0.2) is 170 Å². The number of rotatable bonds is 5. The Hall–Kier alpha value is -8.01. The van der Waals surface area contributed by atoms with Gasteiger partial charge in [-0.25, -0.2) is 4.90 Å². The first-order valence-electron chi connectivity index (χ1n) is 22.2. The molecule has 0 spiro atoms. The summed E-state index contributed by atoms with van der Waals surface area (Å²) in [5.41, 5.74) is 12.0. The van der Waals surface area contributed by atoms with Crippen LogP contribution in [0.1, 0.15) is 78.9 Å². The third kappa shape index (κ3) is 6.14. The van der Waals surface area contributed by atoms with Gasteiger partial charge in [-0.05, 0) is 81.6 Å². The van der Waals surface area contributed by atoms with Gasteiger partial charge in [0.1, 0.15) is 0 Å². The highest BCUT2D eigenvalue weighted by Crippen LogP contribution is 2.47. The van der Waals surface area contributed by atoms with Crippen LogP contribution in [0.4, 0.5) is 5.69 Å². The molecule has 0 unspecified atom stereocenters. The van der Waals surface area contributed by atoms with Crippen molar-refractivity contribution in [2.75, 3.05) is 4.90 Å². The largest absolute Gasteiger partial charge is 0.308 e. The number of imide groups is 1. The SMILES string of the molecule is CC(C)(C)c1ccc2c3ccccc3n(-c3cc(C#N)cc(-n4c5ccccc5c5ccc(C(C)(C)C)cc54)c3-c3cccc4c3C(=O)N(c3ccccc3-c3ccccc3)C4=O)c2c1. The Bertz CT molecular complexity index is 3530. The molecule has 2 aromatic heterocycles. The van der Waals surface area contributed by atoms with Gasteiger partial charge >= 0.3 is 0 Å². The smallest absolute Gasteiger partial charge is 0.266 e. The van der Waals surface area contributed by atoms with E-state index >= 15 is 4.79 Å². The van der Waals surface area contributed by atoms with E-state index in [-0.39, 0.29) is 16.7 Å². The van der Waals surface area contributed by atoms with Gasteiger partial charge < -0.3 is 9.13 Å². The average molecular weight is 843 g/mol. The lowest BCUT2D eigenvalue weighted by Gasteiger charge is -2.23. The number of aromatic nitrogens is 2. The Labute approximate surface area is 378 Å². The van der Waals surface area contributed by atoms with Crippen molar-refractivity contribution < 1.29 is 9.59 Å². The average Bonchev–Trinajstić information content (AvgIpc) is 3.92. The molecule has 0 saturated carbocycles. The van der Waals surface area contributed by atoms with Gasteiger partial charge in [-0.3, -0.25) is 9.59 Å². The first-order chi connectivity index (χ1) is 31.3. The highest BCUT2D eigenvalue weighted by atomic mass is 16.2. The van der Waals surface area contributed by atoms with Gasteiger partial charge in [0.15, 0.2) is 0 Å². The Morgan fingerprint density at radius 2 is 0.892 bits per heavy atom. The van der Waals surface area contributed by atoms with Crippen molar-refractivity contribution in [3.8, 4) is 39.7 Å². The number of carbonyl (C=O) groups is 2. The molecule has 65 heavy (non-hydrogen) atoms. The third-order valence-corrected chi connectivity index (χ3v) is 13.2. The van der Waals surface area contributed by atoms with E-state index in [0.29, 0.717) is 27.9 Å². The molecule has 0 radical (unpaired) electrons. The Balaban J connectivity index is 1.29. The maximum absolute atomic E-state index is 15.5. The van der Waals surface area contributed by atoms with Crippen LogP contribution in [0, 0.1) is 11.3 Å².